The molecular formula is C8H4ClN3O3. The van der Waals surface area contributed by atoms with Crippen molar-refractivity contribution in [1.82, 2.24) is 10.1 Å². The highest BCUT2D eigenvalue weighted by molar-refractivity contribution is 6.33. The highest BCUT2D eigenvalue weighted by Gasteiger charge is 2.13. The van der Waals surface area contributed by atoms with Crippen LogP contribution in [0.15, 0.2) is 29.1 Å². The van der Waals surface area contributed by atoms with Crippen LogP contribution >= 0.6 is 11.6 Å². The fraction of sp³-hybridized carbons (Fsp3) is 0. The van der Waals surface area contributed by atoms with Crippen LogP contribution < -0.4 is 0 Å². The summed E-state index contributed by atoms with van der Waals surface area (Å²) in [6.07, 6.45) is 1.16. The summed E-state index contributed by atoms with van der Waals surface area (Å²) in [6.45, 7) is 0. The molecule has 1 aromatic carbocycles. The summed E-state index contributed by atoms with van der Waals surface area (Å²) in [5.74, 6) is 0.301. The Bertz CT molecular complexity index is 498. The van der Waals surface area contributed by atoms with Crippen LogP contribution in [0.3, 0.4) is 0 Å². The SMILES string of the molecule is O=[N+]([O-])c1ccc(-c2ncon2)c(Cl)c1. The summed E-state index contributed by atoms with van der Waals surface area (Å²) in [6, 6.07) is 4.05. The molecule has 0 N–H and O–H groups in total. The third-order valence-electron chi connectivity index (χ3n) is 1.77. The Balaban J connectivity index is 2.48. The molecule has 2 rings (SSSR count). The fourth-order valence-corrected chi connectivity index (χ4v) is 1.35. The molecule has 0 aliphatic heterocycles. The number of nitro benzene ring substituents is 1. The van der Waals surface area contributed by atoms with E-state index in [0.717, 1.165) is 6.39 Å². The molecule has 0 saturated carbocycles. The smallest absolute Gasteiger partial charge is 0.270 e. The van der Waals surface area contributed by atoms with Gasteiger partial charge < -0.3 is 4.52 Å². The Morgan fingerprint density at radius 3 is 2.80 bits per heavy atom. The summed E-state index contributed by atoms with van der Waals surface area (Å²) in [7, 11) is 0. The van der Waals surface area contributed by atoms with Crippen LogP contribution in [0, 0.1) is 10.1 Å². The molecule has 0 saturated heterocycles. The molecule has 1 aromatic heterocycles. The Morgan fingerprint density at radius 2 is 2.27 bits per heavy atom. The van der Waals surface area contributed by atoms with E-state index in [1.165, 1.54) is 18.2 Å². The molecule has 0 unspecified atom stereocenters. The van der Waals surface area contributed by atoms with Crippen LogP contribution in [-0.4, -0.2) is 15.1 Å². The lowest BCUT2D eigenvalue weighted by molar-refractivity contribution is -0.384. The minimum Gasteiger partial charge on any atom is -0.342 e. The predicted octanol–water partition coefficient (Wildman–Crippen LogP) is 2.30. The van der Waals surface area contributed by atoms with Gasteiger partial charge in [-0.05, 0) is 6.07 Å². The molecule has 2 aromatic rings. The first kappa shape index (κ1) is 9.60. The van der Waals surface area contributed by atoms with E-state index in [1.54, 1.807) is 0 Å². The maximum Gasteiger partial charge on any atom is 0.270 e. The second-order valence-corrected chi connectivity index (χ2v) is 3.08. The van der Waals surface area contributed by atoms with E-state index in [-0.39, 0.29) is 10.7 Å². The first-order valence-electron chi connectivity index (χ1n) is 3.89. The zero-order valence-electron chi connectivity index (χ0n) is 7.25. The van der Waals surface area contributed by atoms with Crippen LogP contribution in [0.25, 0.3) is 11.4 Å². The Kier molecular flexibility index (Phi) is 2.34. The highest BCUT2D eigenvalue weighted by Crippen LogP contribution is 2.28. The minimum atomic E-state index is -0.522. The van der Waals surface area contributed by atoms with Crippen molar-refractivity contribution in [3.63, 3.8) is 0 Å². The molecule has 0 radical (unpaired) electrons. The van der Waals surface area contributed by atoms with Crippen LogP contribution in [0.5, 0.6) is 0 Å². The van der Waals surface area contributed by atoms with Gasteiger partial charge in [0.1, 0.15) is 0 Å². The summed E-state index contributed by atoms with van der Waals surface area (Å²) in [5.41, 5.74) is 0.420. The summed E-state index contributed by atoms with van der Waals surface area (Å²) in [5, 5.41) is 14.2. The van der Waals surface area contributed by atoms with Crippen molar-refractivity contribution in [2.45, 2.75) is 0 Å². The summed E-state index contributed by atoms with van der Waals surface area (Å²) in [4.78, 5) is 13.7. The lowest BCUT2D eigenvalue weighted by atomic mass is 10.2. The van der Waals surface area contributed by atoms with Crippen molar-refractivity contribution in [2.24, 2.45) is 0 Å². The van der Waals surface area contributed by atoms with Crippen molar-refractivity contribution in [1.29, 1.82) is 0 Å². The second kappa shape index (κ2) is 3.66. The van der Waals surface area contributed by atoms with Gasteiger partial charge in [0.05, 0.1) is 9.95 Å². The molecule has 0 fully saturated rings. The molecule has 6 nitrogen and oxygen atoms in total. The van der Waals surface area contributed by atoms with Gasteiger partial charge >= 0.3 is 0 Å². The van der Waals surface area contributed by atoms with Gasteiger partial charge in [0.2, 0.25) is 12.2 Å². The largest absolute Gasteiger partial charge is 0.342 e. The van der Waals surface area contributed by atoms with Gasteiger partial charge in [-0.2, -0.15) is 4.98 Å². The topological polar surface area (TPSA) is 82.1 Å². The Labute approximate surface area is 88.6 Å². The van der Waals surface area contributed by atoms with Gasteiger partial charge in [0.15, 0.2) is 0 Å². The standard InChI is InChI=1S/C8H4ClN3O3/c9-7-3-5(12(13)14)1-2-6(7)8-10-4-15-11-8/h1-4H. The number of nitrogens with zero attached hydrogens (tertiary/aromatic N) is 3. The van der Waals surface area contributed by atoms with Crippen LogP contribution in [0.1, 0.15) is 0 Å². The van der Waals surface area contributed by atoms with Gasteiger partial charge in [-0.25, -0.2) is 0 Å². The third kappa shape index (κ3) is 1.79. The first-order chi connectivity index (χ1) is 7.18. The lowest BCUT2D eigenvalue weighted by Crippen LogP contribution is -1.89. The quantitative estimate of drug-likeness (QED) is 0.578. The molecule has 0 aliphatic rings. The van der Waals surface area contributed by atoms with Gasteiger partial charge in [0.25, 0.3) is 5.69 Å². The van der Waals surface area contributed by atoms with Crippen LogP contribution in [0.4, 0.5) is 5.69 Å². The number of halogens is 1. The first-order valence-corrected chi connectivity index (χ1v) is 4.27. The number of aromatic nitrogens is 2. The van der Waals surface area contributed by atoms with E-state index in [2.05, 4.69) is 14.7 Å². The number of nitro groups is 1. The molecule has 0 aliphatic carbocycles. The Hall–Kier alpha value is -1.95. The molecule has 7 heteroatoms. The van der Waals surface area contributed by atoms with Crippen molar-refractivity contribution < 1.29 is 9.45 Å². The molecule has 0 amide bonds. The highest BCUT2D eigenvalue weighted by atomic mass is 35.5. The molecule has 0 bridgehead atoms. The molecule has 0 spiro atoms. The maximum absolute atomic E-state index is 10.4. The van der Waals surface area contributed by atoms with E-state index in [9.17, 15) is 10.1 Å². The van der Waals surface area contributed by atoms with Gasteiger partial charge in [-0.3, -0.25) is 10.1 Å². The number of benzene rings is 1. The lowest BCUT2D eigenvalue weighted by Gasteiger charge is -1.97. The van der Waals surface area contributed by atoms with Crippen molar-refractivity contribution >= 4 is 17.3 Å². The van der Waals surface area contributed by atoms with Crippen molar-refractivity contribution in [3.8, 4) is 11.4 Å². The van der Waals surface area contributed by atoms with E-state index in [1.807, 2.05) is 0 Å². The fourth-order valence-electron chi connectivity index (χ4n) is 1.09. The van der Waals surface area contributed by atoms with E-state index >= 15 is 0 Å². The average molecular weight is 226 g/mol. The van der Waals surface area contributed by atoms with Gasteiger partial charge in [-0.15, -0.1) is 0 Å². The van der Waals surface area contributed by atoms with Crippen molar-refractivity contribution in [2.75, 3.05) is 0 Å². The molecular weight excluding hydrogens is 222 g/mol. The van der Waals surface area contributed by atoms with E-state index in [4.69, 9.17) is 11.6 Å². The van der Waals surface area contributed by atoms with Crippen LogP contribution in [0.2, 0.25) is 5.02 Å². The van der Waals surface area contributed by atoms with E-state index < -0.39 is 4.92 Å². The molecule has 15 heavy (non-hydrogen) atoms. The number of non-ortho nitro benzene ring substituents is 1. The zero-order valence-corrected chi connectivity index (χ0v) is 8.01. The monoisotopic (exact) mass is 225 g/mol. The molecule has 1 heterocycles. The second-order valence-electron chi connectivity index (χ2n) is 2.68. The third-order valence-corrected chi connectivity index (χ3v) is 2.08. The number of hydrogen-bond acceptors (Lipinski definition) is 5. The summed E-state index contributed by atoms with van der Waals surface area (Å²) >= 11 is 5.84. The molecule has 0 atom stereocenters. The summed E-state index contributed by atoms with van der Waals surface area (Å²) < 4.78 is 4.55. The minimum absolute atomic E-state index is 0.0766. The van der Waals surface area contributed by atoms with Gasteiger partial charge in [0, 0.05) is 17.7 Å². The van der Waals surface area contributed by atoms with Gasteiger partial charge in [-0.1, -0.05) is 16.8 Å². The van der Waals surface area contributed by atoms with E-state index in [0.29, 0.717) is 11.4 Å². The zero-order chi connectivity index (χ0) is 10.8. The number of rotatable bonds is 2. The predicted molar refractivity (Wildman–Crippen MR) is 51.4 cm³/mol. The average Bonchev–Trinajstić information content (AvgIpc) is 2.70. The van der Waals surface area contributed by atoms with Crippen LogP contribution in [-0.2, 0) is 0 Å². The number of hydrogen-bond donors (Lipinski definition) is 0. The molecule has 76 valence electrons. The van der Waals surface area contributed by atoms with Crippen molar-refractivity contribution in [3.05, 3.63) is 39.7 Å². The maximum atomic E-state index is 10.4. The normalized spacial score (nSPS) is 10.2. The Morgan fingerprint density at radius 1 is 1.47 bits per heavy atom.